The first-order chi connectivity index (χ1) is 8.52. The van der Waals surface area contributed by atoms with Crippen LogP contribution < -0.4 is 11.1 Å². The largest absolute Gasteiger partial charge is 0.391 e. The lowest BCUT2D eigenvalue weighted by molar-refractivity contribution is 0.198. The summed E-state index contributed by atoms with van der Waals surface area (Å²) in [7, 11) is 1.78. The number of amides is 2. The van der Waals surface area contributed by atoms with E-state index in [9.17, 15) is 4.79 Å². The lowest BCUT2D eigenvalue weighted by Gasteiger charge is -2.36. The van der Waals surface area contributed by atoms with Gasteiger partial charge in [0.2, 0.25) is 0 Å². The molecular weight excluding hydrogens is 246 g/mol. The molecule has 0 aromatic rings. The highest BCUT2D eigenvalue weighted by atomic mass is 32.1. The lowest BCUT2D eigenvalue weighted by atomic mass is 9.84. The Kier molecular flexibility index (Phi) is 5.85. The summed E-state index contributed by atoms with van der Waals surface area (Å²) < 4.78 is 0. The summed E-state index contributed by atoms with van der Waals surface area (Å²) in [4.78, 5) is 14.1. The molecule has 0 unspecified atom stereocenters. The quantitative estimate of drug-likeness (QED) is 0.775. The molecule has 104 valence electrons. The summed E-state index contributed by atoms with van der Waals surface area (Å²) in [6, 6.07) is -0.0779. The van der Waals surface area contributed by atoms with Crippen molar-refractivity contribution in [2.45, 2.75) is 57.4 Å². The third-order valence-corrected chi connectivity index (χ3v) is 4.24. The zero-order chi connectivity index (χ0) is 13.6. The molecule has 0 aliphatic heterocycles. The number of nitrogens with zero attached hydrogens (tertiary/aromatic N) is 1. The van der Waals surface area contributed by atoms with Crippen LogP contribution in [0.4, 0.5) is 4.79 Å². The van der Waals surface area contributed by atoms with Gasteiger partial charge in [0, 0.05) is 13.6 Å². The fraction of sp³-hybridized carbons (Fsp3) is 0.846. The molecule has 1 rings (SSSR count). The first-order valence-corrected chi connectivity index (χ1v) is 7.26. The van der Waals surface area contributed by atoms with Gasteiger partial charge in [-0.3, -0.25) is 0 Å². The maximum Gasteiger partial charge on any atom is 0.317 e. The minimum atomic E-state index is -0.476. The maximum atomic E-state index is 12.0. The lowest BCUT2D eigenvalue weighted by Crippen LogP contribution is -2.59. The molecule has 5 heteroatoms. The molecule has 0 atom stereocenters. The van der Waals surface area contributed by atoms with E-state index in [-0.39, 0.29) is 6.03 Å². The Bertz CT molecular complexity index is 299. The van der Waals surface area contributed by atoms with Crippen molar-refractivity contribution in [1.82, 2.24) is 10.2 Å². The molecule has 1 saturated carbocycles. The van der Waals surface area contributed by atoms with Crippen molar-refractivity contribution in [2.75, 3.05) is 13.6 Å². The van der Waals surface area contributed by atoms with Gasteiger partial charge in [0.15, 0.2) is 0 Å². The molecule has 0 heterocycles. The summed E-state index contributed by atoms with van der Waals surface area (Å²) in [5.41, 5.74) is 5.43. The van der Waals surface area contributed by atoms with Crippen molar-refractivity contribution < 1.29 is 4.79 Å². The van der Waals surface area contributed by atoms with Gasteiger partial charge in [-0.15, -0.1) is 0 Å². The molecule has 0 spiro atoms. The Balaban J connectivity index is 2.77. The van der Waals surface area contributed by atoms with Gasteiger partial charge < -0.3 is 16.0 Å². The Hall–Kier alpha value is -0.840. The number of hydrogen-bond acceptors (Lipinski definition) is 2. The number of rotatable bonds is 3. The summed E-state index contributed by atoms with van der Waals surface area (Å²) in [5.74, 6) is 0. The van der Waals surface area contributed by atoms with Crippen LogP contribution in [0, 0.1) is 0 Å². The van der Waals surface area contributed by atoms with Gasteiger partial charge in [0.25, 0.3) is 0 Å². The van der Waals surface area contributed by atoms with Crippen molar-refractivity contribution in [3.05, 3.63) is 0 Å². The highest BCUT2D eigenvalue weighted by Crippen LogP contribution is 2.27. The van der Waals surface area contributed by atoms with Crippen molar-refractivity contribution in [3.8, 4) is 0 Å². The van der Waals surface area contributed by atoms with Crippen LogP contribution in [-0.4, -0.2) is 35.1 Å². The average Bonchev–Trinajstić information content (AvgIpc) is 2.31. The van der Waals surface area contributed by atoms with E-state index in [4.69, 9.17) is 18.0 Å². The standard InChI is InChI=1S/C13H25N3OS/c1-3-16(2)12(17)15-13(11(14)18)9-7-5-4-6-8-10-13/h3-10H2,1-2H3,(H2,14,18)(H,15,17). The first kappa shape index (κ1) is 15.2. The van der Waals surface area contributed by atoms with Gasteiger partial charge in [0.05, 0.1) is 10.5 Å². The molecule has 2 amide bonds. The normalized spacial score (nSPS) is 19.4. The van der Waals surface area contributed by atoms with Gasteiger partial charge in [-0.2, -0.15) is 0 Å². The van der Waals surface area contributed by atoms with Crippen molar-refractivity contribution in [1.29, 1.82) is 0 Å². The fourth-order valence-corrected chi connectivity index (χ4v) is 2.64. The highest BCUT2D eigenvalue weighted by Gasteiger charge is 2.35. The molecule has 0 saturated heterocycles. The second-order valence-electron chi connectivity index (χ2n) is 5.16. The number of carbonyl (C=O) groups is 1. The van der Waals surface area contributed by atoms with E-state index < -0.39 is 5.54 Å². The molecule has 1 fully saturated rings. The minimum absolute atomic E-state index is 0.0779. The van der Waals surface area contributed by atoms with Crippen LogP contribution in [0.15, 0.2) is 0 Å². The molecule has 4 nitrogen and oxygen atoms in total. The van der Waals surface area contributed by atoms with E-state index in [1.165, 1.54) is 19.3 Å². The molecular formula is C13H25N3OS. The molecule has 0 radical (unpaired) electrons. The van der Waals surface area contributed by atoms with Gasteiger partial charge in [-0.25, -0.2) is 4.79 Å². The molecule has 0 aromatic carbocycles. The number of carbonyl (C=O) groups excluding carboxylic acids is 1. The van der Waals surface area contributed by atoms with Gasteiger partial charge >= 0.3 is 6.03 Å². The molecule has 0 bridgehead atoms. The van der Waals surface area contributed by atoms with E-state index in [0.717, 1.165) is 25.7 Å². The zero-order valence-electron chi connectivity index (χ0n) is 11.5. The smallest absolute Gasteiger partial charge is 0.317 e. The third-order valence-electron chi connectivity index (χ3n) is 3.85. The van der Waals surface area contributed by atoms with Crippen LogP contribution in [0.1, 0.15) is 51.9 Å². The molecule has 1 aliphatic carbocycles. The monoisotopic (exact) mass is 271 g/mol. The Morgan fingerprint density at radius 2 is 1.78 bits per heavy atom. The van der Waals surface area contributed by atoms with Crippen molar-refractivity contribution in [2.24, 2.45) is 5.73 Å². The van der Waals surface area contributed by atoms with E-state index in [2.05, 4.69) is 5.32 Å². The zero-order valence-corrected chi connectivity index (χ0v) is 12.3. The topological polar surface area (TPSA) is 58.4 Å². The Labute approximate surface area is 115 Å². The van der Waals surface area contributed by atoms with Crippen molar-refractivity contribution in [3.63, 3.8) is 0 Å². The van der Waals surface area contributed by atoms with Crippen molar-refractivity contribution >= 4 is 23.2 Å². The van der Waals surface area contributed by atoms with Gasteiger partial charge in [0.1, 0.15) is 0 Å². The number of nitrogens with one attached hydrogen (secondary N) is 1. The van der Waals surface area contributed by atoms with Crippen LogP contribution in [0.25, 0.3) is 0 Å². The van der Waals surface area contributed by atoms with Crippen LogP contribution in [0.2, 0.25) is 0 Å². The predicted octanol–water partition coefficient (Wildman–Crippen LogP) is 2.42. The van der Waals surface area contributed by atoms with E-state index in [1.54, 1.807) is 11.9 Å². The SMILES string of the molecule is CCN(C)C(=O)NC1(C(N)=S)CCCCCCC1. The van der Waals surface area contributed by atoms with E-state index in [0.29, 0.717) is 11.5 Å². The third kappa shape index (κ3) is 3.83. The fourth-order valence-electron chi connectivity index (χ4n) is 2.39. The van der Waals surface area contributed by atoms with Crippen LogP contribution in [0.5, 0.6) is 0 Å². The number of hydrogen-bond donors (Lipinski definition) is 2. The predicted molar refractivity (Wildman–Crippen MR) is 78.7 cm³/mol. The maximum absolute atomic E-state index is 12.0. The van der Waals surface area contributed by atoms with E-state index >= 15 is 0 Å². The van der Waals surface area contributed by atoms with Crippen LogP contribution in [0.3, 0.4) is 0 Å². The molecule has 3 N–H and O–H groups in total. The molecule has 1 aliphatic rings. The Morgan fingerprint density at radius 1 is 1.28 bits per heavy atom. The van der Waals surface area contributed by atoms with Gasteiger partial charge in [-0.05, 0) is 19.8 Å². The highest BCUT2D eigenvalue weighted by molar-refractivity contribution is 7.80. The number of thiocarbonyl (C=S) groups is 1. The Morgan fingerprint density at radius 3 is 2.22 bits per heavy atom. The number of urea groups is 1. The molecule has 0 aromatic heterocycles. The average molecular weight is 271 g/mol. The van der Waals surface area contributed by atoms with Crippen LogP contribution in [-0.2, 0) is 0 Å². The van der Waals surface area contributed by atoms with Gasteiger partial charge in [-0.1, -0.05) is 44.3 Å². The minimum Gasteiger partial charge on any atom is -0.391 e. The second kappa shape index (κ2) is 6.92. The first-order valence-electron chi connectivity index (χ1n) is 6.85. The summed E-state index contributed by atoms with van der Waals surface area (Å²) in [6.07, 6.45) is 7.56. The summed E-state index contributed by atoms with van der Waals surface area (Å²) >= 11 is 5.22. The van der Waals surface area contributed by atoms with E-state index in [1.807, 2.05) is 6.92 Å². The summed E-state index contributed by atoms with van der Waals surface area (Å²) in [5, 5.41) is 3.07. The summed E-state index contributed by atoms with van der Waals surface area (Å²) in [6.45, 7) is 2.63. The number of nitrogens with two attached hydrogens (primary N) is 1. The van der Waals surface area contributed by atoms with Crippen LogP contribution >= 0.6 is 12.2 Å². The molecule has 18 heavy (non-hydrogen) atoms. The second-order valence-corrected chi connectivity index (χ2v) is 5.60.